The molecule has 0 aromatic carbocycles. The van der Waals surface area contributed by atoms with E-state index >= 15 is 0 Å². The number of halogens is 1. The van der Waals surface area contributed by atoms with Gasteiger partial charge in [-0.15, -0.1) is 17.0 Å². The summed E-state index contributed by atoms with van der Waals surface area (Å²) in [5.74, 6) is -0.214. The van der Waals surface area contributed by atoms with E-state index in [0.717, 1.165) is 38.6 Å². The van der Waals surface area contributed by atoms with E-state index in [0.29, 0.717) is 69.4 Å². The maximum absolute atomic E-state index is 13.2. The molecule has 0 atom stereocenters. The Morgan fingerprint density at radius 1 is 0.490 bits per heavy atom. The number of nitrogens with zero attached hydrogens (tertiary/aromatic N) is 2. The minimum absolute atomic E-state index is 0. The number of unbranched alkanes of at least 4 members (excludes halogenated alkanes) is 20. The first kappa shape index (κ1) is 51.9. The van der Waals surface area contributed by atoms with Crippen molar-refractivity contribution in [2.75, 3.05) is 60.1 Å². The molecule has 0 aliphatic rings. The molecule has 0 saturated heterocycles. The highest BCUT2D eigenvalue weighted by molar-refractivity contribution is 8.93. The number of carbonyl (C=O) groups excluding carboxylic acids is 3. The van der Waals surface area contributed by atoms with E-state index < -0.39 is 0 Å². The fourth-order valence-corrected chi connectivity index (χ4v) is 6.45. The fourth-order valence-electron chi connectivity index (χ4n) is 6.45. The summed E-state index contributed by atoms with van der Waals surface area (Å²) in [4.78, 5) is 39.5. The number of carbonyl (C=O) groups is 3. The van der Waals surface area contributed by atoms with Crippen LogP contribution in [0.15, 0.2) is 0 Å². The number of hydrogen-bond donors (Lipinski definition) is 1. The van der Waals surface area contributed by atoms with Crippen LogP contribution < -0.4 is 0 Å². The van der Waals surface area contributed by atoms with E-state index in [1.165, 1.54) is 116 Å². The molecule has 1 amide bonds. The summed E-state index contributed by atoms with van der Waals surface area (Å²) < 4.78 is 11.7. The van der Waals surface area contributed by atoms with Crippen LogP contribution in [0.5, 0.6) is 0 Å². The molecule has 0 aliphatic heterocycles. The van der Waals surface area contributed by atoms with Gasteiger partial charge >= 0.3 is 11.9 Å². The maximum Gasteiger partial charge on any atom is 0.305 e. The molecule has 0 heterocycles. The second-order valence-corrected chi connectivity index (χ2v) is 15.3. The van der Waals surface area contributed by atoms with Crippen molar-refractivity contribution in [3.63, 3.8) is 0 Å². The van der Waals surface area contributed by atoms with Crippen molar-refractivity contribution in [2.24, 2.45) is 0 Å². The summed E-state index contributed by atoms with van der Waals surface area (Å²) in [5, 5.41) is 9.31. The molecule has 304 valence electrons. The second-order valence-electron chi connectivity index (χ2n) is 15.3. The average Bonchev–Trinajstić information content (AvgIpc) is 3.08. The van der Waals surface area contributed by atoms with E-state index in [4.69, 9.17) is 9.47 Å². The summed E-state index contributed by atoms with van der Waals surface area (Å²) in [6, 6.07) is 0. The van der Waals surface area contributed by atoms with Crippen molar-refractivity contribution in [2.45, 2.75) is 194 Å². The van der Waals surface area contributed by atoms with Crippen molar-refractivity contribution in [3.8, 4) is 0 Å². The van der Waals surface area contributed by atoms with Crippen LogP contribution in [-0.4, -0.2) is 92.4 Å². The van der Waals surface area contributed by atoms with Crippen LogP contribution in [0.25, 0.3) is 0 Å². The van der Waals surface area contributed by atoms with Crippen molar-refractivity contribution in [3.05, 3.63) is 0 Å². The van der Waals surface area contributed by atoms with Gasteiger partial charge in [0.25, 0.3) is 0 Å². The highest BCUT2D eigenvalue weighted by Crippen LogP contribution is 2.14. The molecule has 0 spiro atoms. The van der Waals surface area contributed by atoms with Crippen molar-refractivity contribution < 1.29 is 33.4 Å². The molecule has 0 aromatic rings. The van der Waals surface area contributed by atoms with Gasteiger partial charge in [0.05, 0.1) is 40.5 Å². The van der Waals surface area contributed by atoms with E-state index in [9.17, 15) is 19.5 Å². The van der Waals surface area contributed by atoms with Crippen LogP contribution in [0, 0.1) is 0 Å². The molecule has 0 aliphatic carbocycles. The Morgan fingerprint density at radius 2 is 0.843 bits per heavy atom. The monoisotopic (exact) mass is 792 g/mol. The molecular formula is C42H84BrN2O6+. The normalized spacial score (nSPS) is 11.3. The minimum atomic E-state index is -0.146. The number of ether oxygens (including phenoxy) is 2. The SMILES string of the molecule is Br.CCCCCCCCCCCCCC(=O)OCCCN(CCCOC(=O)CCCCCCCCCCCCC)C(=O)CCC[N+](C)(C)CCO. The van der Waals surface area contributed by atoms with Gasteiger partial charge in [-0.1, -0.05) is 142 Å². The first-order valence-corrected chi connectivity index (χ1v) is 21.3. The number of esters is 2. The Hall–Kier alpha value is -1.19. The van der Waals surface area contributed by atoms with E-state index in [1.54, 1.807) is 0 Å². The first-order valence-electron chi connectivity index (χ1n) is 21.3. The van der Waals surface area contributed by atoms with Gasteiger partial charge in [0.2, 0.25) is 5.91 Å². The average molecular weight is 793 g/mol. The molecule has 0 fully saturated rings. The van der Waals surface area contributed by atoms with Crippen molar-refractivity contribution in [1.29, 1.82) is 0 Å². The molecule has 1 N–H and O–H groups in total. The Balaban J connectivity index is 0. The Bertz CT molecular complexity index is 751. The van der Waals surface area contributed by atoms with Gasteiger partial charge < -0.3 is 24.0 Å². The fraction of sp³-hybridized carbons (Fsp3) is 0.929. The van der Waals surface area contributed by atoms with Crippen LogP contribution in [0.2, 0.25) is 0 Å². The number of likely N-dealkylation sites (N-methyl/N-ethyl adjacent to an activating group) is 1. The predicted octanol–water partition coefficient (Wildman–Crippen LogP) is 10.5. The maximum atomic E-state index is 13.2. The Labute approximate surface area is 325 Å². The highest BCUT2D eigenvalue weighted by Gasteiger charge is 2.18. The number of aliphatic hydroxyl groups is 1. The number of amides is 1. The lowest BCUT2D eigenvalue weighted by atomic mass is 10.1. The van der Waals surface area contributed by atoms with Crippen LogP contribution in [0.3, 0.4) is 0 Å². The quantitative estimate of drug-likeness (QED) is 0.0380. The third-order valence-electron chi connectivity index (χ3n) is 9.85. The molecule has 8 nitrogen and oxygen atoms in total. The lowest BCUT2D eigenvalue weighted by molar-refractivity contribution is -0.890. The van der Waals surface area contributed by atoms with Crippen LogP contribution >= 0.6 is 17.0 Å². The Kier molecular flexibility index (Phi) is 39.2. The molecule has 0 rings (SSSR count). The van der Waals surface area contributed by atoms with Crippen LogP contribution in [-0.2, 0) is 23.9 Å². The van der Waals surface area contributed by atoms with Crippen molar-refractivity contribution in [1.82, 2.24) is 4.90 Å². The van der Waals surface area contributed by atoms with Crippen LogP contribution in [0.4, 0.5) is 0 Å². The van der Waals surface area contributed by atoms with E-state index in [1.807, 2.05) is 4.90 Å². The van der Waals surface area contributed by atoms with Gasteiger partial charge in [-0.3, -0.25) is 14.4 Å². The molecule has 0 unspecified atom stereocenters. The summed E-state index contributed by atoms with van der Waals surface area (Å²) in [6.07, 6.45) is 30.8. The lowest BCUT2D eigenvalue weighted by Gasteiger charge is -2.29. The Morgan fingerprint density at radius 3 is 1.20 bits per heavy atom. The molecule has 9 heteroatoms. The molecule has 51 heavy (non-hydrogen) atoms. The molecule has 0 aromatic heterocycles. The van der Waals surface area contributed by atoms with Gasteiger partial charge in [0.15, 0.2) is 0 Å². The summed E-state index contributed by atoms with van der Waals surface area (Å²) in [7, 11) is 4.13. The first-order chi connectivity index (χ1) is 24.3. The highest BCUT2D eigenvalue weighted by atomic mass is 79.9. The zero-order valence-corrected chi connectivity index (χ0v) is 35.8. The number of rotatable bonds is 38. The van der Waals surface area contributed by atoms with E-state index in [2.05, 4.69) is 27.9 Å². The molecular weight excluding hydrogens is 708 g/mol. The van der Waals surface area contributed by atoms with Gasteiger partial charge in [-0.25, -0.2) is 0 Å². The van der Waals surface area contributed by atoms with Gasteiger partial charge in [0, 0.05) is 38.8 Å². The van der Waals surface area contributed by atoms with E-state index in [-0.39, 0.29) is 41.4 Å². The third-order valence-corrected chi connectivity index (χ3v) is 9.85. The number of hydrogen-bond acceptors (Lipinski definition) is 6. The third kappa shape index (κ3) is 36.9. The summed E-state index contributed by atoms with van der Waals surface area (Å²) >= 11 is 0. The standard InChI is InChI=1S/C42H83N2O6.BrH/c1-5-7-9-11-13-15-17-19-21-23-25-31-41(47)49-38-28-33-43(40(46)30-27-35-44(3,4)36-37-45)34-29-39-50-42(48)32-26-24-22-20-18-16-14-12-10-8-6-2;/h45H,5-39H2,1-4H3;1H/q+1;. The van der Waals surface area contributed by atoms with Gasteiger partial charge in [-0.05, 0) is 25.7 Å². The topological polar surface area (TPSA) is 93.1 Å². The predicted molar refractivity (Wildman–Crippen MR) is 218 cm³/mol. The lowest BCUT2D eigenvalue weighted by Crippen LogP contribution is -2.43. The zero-order chi connectivity index (χ0) is 37.0. The van der Waals surface area contributed by atoms with Gasteiger partial charge in [0.1, 0.15) is 6.54 Å². The molecule has 0 saturated carbocycles. The largest absolute Gasteiger partial charge is 0.466 e. The van der Waals surface area contributed by atoms with Gasteiger partial charge in [-0.2, -0.15) is 0 Å². The molecule has 0 radical (unpaired) electrons. The minimum Gasteiger partial charge on any atom is -0.466 e. The zero-order valence-electron chi connectivity index (χ0n) is 34.0. The number of quaternary nitrogens is 1. The summed E-state index contributed by atoms with van der Waals surface area (Å²) in [6.45, 7) is 7.78. The summed E-state index contributed by atoms with van der Waals surface area (Å²) in [5.41, 5.74) is 0. The van der Waals surface area contributed by atoms with Crippen LogP contribution in [0.1, 0.15) is 194 Å². The molecule has 0 bridgehead atoms. The smallest absolute Gasteiger partial charge is 0.305 e. The second kappa shape index (κ2) is 38.5. The number of aliphatic hydroxyl groups excluding tert-OH is 1. The van der Waals surface area contributed by atoms with Crippen molar-refractivity contribution >= 4 is 34.8 Å².